The van der Waals surface area contributed by atoms with E-state index in [1.165, 1.54) is 7.11 Å². The summed E-state index contributed by atoms with van der Waals surface area (Å²) in [5, 5.41) is 14.8. The lowest BCUT2D eigenvalue weighted by atomic mass is 10.0. The third kappa shape index (κ3) is 6.07. The lowest BCUT2D eigenvalue weighted by Crippen LogP contribution is -2.54. The van der Waals surface area contributed by atoms with E-state index in [1.807, 2.05) is 6.07 Å². The summed E-state index contributed by atoms with van der Waals surface area (Å²) < 4.78 is 5.19. The molecule has 0 aromatic heterocycles. The molecule has 3 N–H and O–H groups in total. The first-order valence-electron chi connectivity index (χ1n) is 9.34. The Morgan fingerprint density at radius 3 is 2.17 bits per heavy atom. The molecule has 2 atom stereocenters. The molecule has 0 aliphatic heterocycles. The van der Waals surface area contributed by atoms with Crippen molar-refractivity contribution in [3.05, 3.63) is 65.7 Å². The van der Waals surface area contributed by atoms with E-state index in [4.69, 9.17) is 4.74 Å². The highest BCUT2D eigenvalue weighted by Crippen LogP contribution is 2.18. The fourth-order valence-corrected chi connectivity index (χ4v) is 2.90. The Hall–Kier alpha value is -3.35. The second-order valence-corrected chi connectivity index (χ2v) is 6.98. The van der Waals surface area contributed by atoms with E-state index in [1.54, 1.807) is 62.4 Å². The van der Waals surface area contributed by atoms with Gasteiger partial charge in [0.1, 0.15) is 17.8 Å². The van der Waals surface area contributed by atoms with Gasteiger partial charge in [0.25, 0.3) is 5.91 Å². The molecule has 7 nitrogen and oxygen atoms in total. The maximum atomic E-state index is 12.8. The van der Waals surface area contributed by atoms with Crippen molar-refractivity contribution in [1.29, 1.82) is 0 Å². The van der Waals surface area contributed by atoms with Gasteiger partial charge in [-0.1, -0.05) is 56.3 Å². The Kier molecular flexibility index (Phi) is 7.77. The molecule has 7 heteroatoms. The van der Waals surface area contributed by atoms with E-state index in [9.17, 15) is 19.5 Å². The van der Waals surface area contributed by atoms with Crippen molar-refractivity contribution in [3.8, 4) is 5.75 Å². The van der Waals surface area contributed by atoms with Crippen molar-refractivity contribution in [3.63, 3.8) is 0 Å². The van der Waals surface area contributed by atoms with Crippen LogP contribution in [0, 0.1) is 5.92 Å². The summed E-state index contributed by atoms with van der Waals surface area (Å²) in [4.78, 5) is 37.1. The molecule has 0 aliphatic carbocycles. The highest BCUT2D eigenvalue weighted by molar-refractivity contribution is 6.00. The van der Waals surface area contributed by atoms with Crippen LogP contribution in [0.25, 0.3) is 0 Å². The van der Waals surface area contributed by atoms with Gasteiger partial charge in [-0.05, 0) is 23.6 Å². The van der Waals surface area contributed by atoms with Crippen LogP contribution in [0.15, 0.2) is 54.6 Å². The number of nitrogens with one attached hydrogen (secondary N) is 2. The van der Waals surface area contributed by atoms with Crippen LogP contribution in [-0.4, -0.2) is 42.1 Å². The normalized spacial score (nSPS) is 12.7. The molecule has 0 heterocycles. The minimum absolute atomic E-state index is 0.146. The number of hydrogen-bond donors (Lipinski definition) is 3. The monoisotopic (exact) mass is 398 g/mol. The zero-order chi connectivity index (χ0) is 21.4. The van der Waals surface area contributed by atoms with Crippen molar-refractivity contribution in [2.45, 2.75) is 32.4 Å². The maximum Gasteiger partial charge on any atom is 0.326 e. The number of hydrogen-bond acceptors (Lipinski definition) is 4. The number of rotatable bonds is 9. The number of para-hydroxylation sites is 1. The van der Waals surface area contributed by atoms with E-state index in [0.717, 1.165) is 5.56 Å². The smallest absolute Gasteiger partial charge is 0.326 e. The van der Waals surface area contributed by atoms with Gasteiger partial charge in [0.2, 0.25) is 5.91 Å². The fourth-order valence-electron chi connectivity index (χ4n) is 2.90. The molecular formula is C22H26N2O5. The summed E-state index contributed by atoms with van der Waals surface area (Å²) in [5.41, 5.74) is 1.09. The molecule has 2 unspecified atom stereocenters. The summed E-state index contributed by atoms with van der Waals surface area (Å²) in [6.45, 7) is 3.56. The fraction of sp³-hybridized carbons (Fsp3) is 0.318. The molecule has 154 valence electrons. The topological polar surface area (TPSA) is 105 Å². The Balaban J connectivity index is 2.13. The SMILES string of the molecule is COc1ccccc1C(=O)NC(C(=O)NC(Cc1ccccc1)C(=O)O)C(C)C. The second-order valence-electron chi connectivity index (χ2n) is 6.98. The molecule has 0 spiro atoms. The largest absolute Gasteiger partial charge is 0.496 e. The number of carbonyl (C=O) groups is 3. The van der Waals surface area contributed by atoms with E-state index >= 15 is 0 Å². The minimum Gasteiger partial charge on any atom is -0.496 e. The first kappa shape index (κ1) is 21.9. The number of methoxy groups -OCH3 is 1. The summed E-state index contributed by atoms with van der Waals surface area (Å²) in [7, 11) is 1.46. The van der Waals surface area contributed by atoms with Crippen LogP contribution >= 0.6 is 0 Å². The molecule has 2 aromatic rings. The van der Waals surface area contributed by atoms with Crippen LogP contribution in [0.5, 0.6) is 5.75 Å². The van der Waals surface area contributed by atoms with Gasteiger partial charge in [0.05, 0.1) is 12.7 Å². The molecule has 2 rings (SSSR count). The molecule has 0 saturated heterocycles. The van der Waals surface area contributed by atoms with Crippen LogP contribution in [-0.2, 0) is 16.0 Å². The molecule has 0 bridgehead atoms. The first-order chi connectivity index (χ1) is 13.8. The molecular weight excluding hydrogens is 372 g/mol. The van der Waals surface area contributed by atoms with E-state index in [0.29, 0.717) is 11.3 Å². The number of carbonyl (C=O) groups excluding carboxylic acids is 2. The lowest BCUT2D eigenvalue weighted by Gasteiger charge is -2.24. The number of carboxylic acids is 1. The number of carboxylic acid groups (broad SMARTS) is 1. The molecule has 29 heavy (non-hydrogen) atoms. The van der Waals surface area contributed by atoms with Crippen LogP contribution in [0.4, 0.5) is 0 Å². The van der Waals surface area contributed by atoms with Crippen LogP contribution < -0.4 is 15.4 Å². The Morgan fingerprint density at radius 1 is 0.966 bits per heavy atom. The van der Waals surface area contributed by atoms with Crippen molar-refractivity contribution >= 4 is 17.8 Å². The van der Waals surface area contributed by atoms with E-state index in [-0.39, 0.29) is 12.3 Å². The minimum atomic E-state index is -1.14. The molecule has 0 fully saturated rings. The van der Waals surface area contributed by atoms with Crippen LogP contribution in [0.3, 0.4) is 0 Å². The second kappa shape index (κ2) is 10.3. The number of benzene rings is 2. The third-order valence-corrected chi connectivity index (χ3v) is 4.48. The average Bonchev–Trinajstić information content (AvgIpc) is 2.71. The molecule has 0 aliphatic rings. The van der Waals surface area contributed by atoms with Gasteiger partial charge in [0, 0.05) is 6.42 Å². The first-order valence-corrected chi connectivity index (χ1v) is 9.34. The zero-order valence-corrected chi connectivity index (χ0v) is 16.7. The Labute approximate surface area is 170 Å². The lowest BCUT2D eigenvalue weighted by molar-refractivity contribution is -0.142. The van der Waals surface area contributed by atoms with Gasteiger partial charge >= 0.3 is 5.97 Å². The maximum absolute atomic E-state index is 12.8. The van der Waals surface area contributed by atoms with Gasteiger partial charge < -0.3 is 20.5 Å². The van der Waals surface area contributed by atoms with Gasteiger partial charge in [-0.2, -0.15) is 0 Å². The standard InChI is InChI=1S/C22H26N2O5/c1-14(2)19(24-20(25)16-11-7-8-12-18(16)29-3)21(26)23-17(22(27)28)13-15-9-5-4-6-10-15/h4-12,14,17,19H,13H2,1-3H3,(H,23,26)(H,24,25)(H,27,28). The number of aliphatic carboxylic acids is 1. The average molecular weight is 398 g/mol. The van der Waals surface area contributed by atoms with Crippen molar-refractivity contribution in [1.82, 2.24) is 10.6 Å². The quantitative estimate of drug-likeness (QED) is 0.601. The highest BCUT2D eigenvalue weighted by Gasteiger charge is 2.29. The van der Waals surface area contributed by atoms with Gasteiger partial charge in [-0.15, -0.1) is 0 Å². The third-order valence-electron chi connectivity index (χ3n) is 4.48. The van der Waals surface area contributed by atoms with Crippen molar-refractivity contribution in [2.75, 3.05) is 7.11 Å². The van der Waals surface area contributed by atoms with Gasteiger partial charge in [0.15, 0.2) is 0 Å². The van der Waals surface area contributed by atoms with Crippen molar-refractivity contribution < 1.29 is 24.2 Å². The Morgan fingerprint density at radius 2 is 1.59 bits per heavy atom. The summed E-state index contributed by atoms with van der Waals surface area (Å²) in [5.74, 6) is -2.01. The number of ether oxygens (including phenoxy) is 1. The zero-order valence-electron chi connectivity index (χ0n) is 16.7. The predicted molar refractivity (Wildman–Crippen MR) is 109 cm³/mol. The Bertz CT molecular complexity index is 851. The highest BCUT2D eigenvalue weighted by atomic mass is 16.5. The predicted octanol–water partition coefficient (Wildman–Crippen LogP) is 2.26. The van der Waals surface area contributed by atoms with E-state index in [2.05, 4.69) is 10.6 Å². The molecule has 0 radical (unpaired) electrons. The van der Waals surface area contributed by atoms with E-state index < -0.39 is 29.9 Å². The number of amides is 2. The van der Waals surface area contributed by atoms with Gasteiger partial charge in [-0.25, -0.2) is 4.79 Å². The van der Waals surface area contributed by atoms with Crippen LogP contribution in [0.1, 0.15) is 29.8 Å². The molecule has 2 amide bonds. The van der Waals surface area contributed by atoms with Crippen molar-refractivity contribution in [2.24, 2.45) is 5.92 Å². The van der Waals surface area contributed by atoms with Gasteiger partial charge in [-0.3, -0.25) is 9.59 Å². The molecule has 0 saturated carbocycles. The summed E-state index contributed by atoms with van der Waals surface area (Å²) >= 11 is 0. The summed E-state index contributed by atoms with van der Waals surface area (Å²) in [6, 6.07) is 13.7. The van der Waals surface area contributed by atoms with Crippen LogP contribution in [0.2, 0.25) is 0 Å². The molecule has 2 aromatic carbocycles. The summed E-state index contributed by atoms with van der Waals surface area (Å²) in [6.07, 6.45) is 0.146.